The molecule has 0 spiro atoms. The van der Waals surface area contributed by atoms with Gasteiger partial charge in [0.25, 0.3) is 0 Å². The van der Waals surface area contributed by atoms with Crippen molar-refractivity contribution in [3.05, 3.63) is 54.4 Å². The highest BCUT2D eigenvalue weighted by Crippen LogP contribution is 2.43. The summed E-state index contributed by atoms with van der Waals surface area (Å²) in [5, 5.41) is 5.42. The lowest BCUT2D eigenvalue weighted by molar-refractivity contribution is -0.127. The highest BCUT2D eigenvalue weighted by atomic mass is 32.2. The molecule has 0 unspecified atom stereocenters. The molecule has 3 aliphatic heterocycles. The van der Waals surface area contributed by atoms with Crippen molar-refractivity contribution in [2.24, 2.45) is 5.92 Å². The van der Waals surface area contributed by atoms with Gasteiger partial charge in [0.05, 0.1) is 18.4 Å². The first-order valence-corrected chi connectivity index (χ1v) is 18.8. The van der Waals surface area contributed by atoms with Gasteiger partial charge < -0.3 is 24.8 Å². The fourth-order valence-corrected chi connectivity index (χ4v) is 8.61. The Balaban J connectivity index is 1.36. The van der Waals surface area contributed by atoms with Gasteiger partial charge in [0.15, 0.2) is 0 Å². The first kappa shape index (κ1) is 34.0. The Kier molecular flexibility index (Phi) is 9.89. The molecule has 6 rings (SSSR count). The fraction of sp³-hybridized carbons (Fsp3) is 0.543. The van der Waals surface area contributed by atoms with Crippen LogP contribution < -0.4 is 15.1 Å². The Hall–Kier alpha value is -3.84. The van der Waals surface area contributed by atoms with Gasteiger partial charge in [-0.1, -0.05) is 20.4 Å². The van der Waals surface area contributed by atoms with E-state index in [9.17, 15) is 17.6 Å². The van der Waals surface area contributed by atoms with E-state index in [0.717, 1.165) is 29.3 Å². The van der Waals surface area contributed by atoms with Gasteiger partial charge >= 0.3 is 0 Å². The maximum absolute atomic E-state index is 14.6. The van der Waals surface area contributed by atoms with Gasteiger partial charge in [-0.05, 0) is 66.0 Å². The third-order valence-corrected chi connectivity index (χ3v) is 10.9. The van der Waals surface area contributed by atoms with Crippen LogP contribution >= 0.6 is 0 Å². The lowest BCUT2D eigenvalue weighted by Crippen LogP contribution is -2.49. The van der Waals surface area contributed by atoms with E-state index in [1.165, 1.54) is 30.6 Å². The number of nitrogens with one attached hydrogen (secondary N) is 1. The zero-order valence-corrected chi connectivity index (χ0v) is 29.0. The number of sulfone groups is 1. The number of likely N-dealkylation sites (tertiary alicyclic amines) is 1. The third-order valence-electron chi connectivity index (χ3n) is 9.80. The van der Waals surface area contributed by atoms with Crippen LogP contribution in [0.5, 0.6) is 0 Å². The molecular formula is C35H46FN7O4S. The van der Waals surface area contributed by atoms with Gasteiger partial charge in [-0.3, -0.25) is 4.79 Å². The maximum atomic E-state index is 14.6. The average Bonchev–Trinajstić information content (AvgIpc) is 3.04. The summed E-state index contributed by atoms with van der Waals surface area (Å²) in [6.07, 6.45) is 7.10. The Morgan fingerprint density at radius 3 is 2.58 bits per heavy atom. The molecule has 2 aromatic heterocycles. The topological polar surface area (TPSA) is 121 Å². The third kappa shape index (κ3) is 7.26. The van der Waals surface area contributed by atoms with Gasteiger partial charge in [-0.2, -0.15) is 4.98 Å². The predicted molar refractivity (Wildman–Crippen MR) is 188 cm³/mol. The number of rotatable bonds is 10. The molecule has 0 bridgehead atoms. The standard InChI is InChI=1S/C35H46FN7O4S/c1-6-33(44)41-12-7-8-24(19-41)25-14-29(43-17-23(18-43)21-48(5,45)46)27-16-38-32(15-26(27)34(25)22(2)3)39-31-9-11-37-35(40-31)42-13-10-30(47-4)28(36)20-42/h6,9,11,14-16,22-24,28,30H,1,7-8,10,12-13,17-21H2,2-5H3,(H,37,38,39,40)/t24-,28+,30-/m1/s1. The number of benzene rings is 1. The number of hydrogen-bond donors (Lipinski definition) is 1. The number of nitrogens with zero attached hydrogens (tertiary/aromatic N) is 6. The number of aromatic nitrogens is 3. The Bertz CT molecular complexity index is 1780. The van der Waals surface area contributed by atoms with Crippen LogP contribution in [0, 0.1) is 5.92 Å². The molecule has 48 heavy (non-hydrogen) atoms. The van der Waals surface area contributed by atoms with Crippen molar-refractivity contribution < 1.29 is 22.3 Å². The summed E-state index contributed by atoms with van der Waals surface area (Å²) in [6.45, 7) is 11.5. The summed E-state index contributed by atoms with van der Waals surface area (Å²) in [7, 11) is -1.54. The lowest BCUT2D eigenvalue weighted by Gasteiger charge is -2.42. The van der Waals surface area contributed by atoms with Gasteiger partial charge in [-0.15, -0.1) is 0 Å². The minimum atomic E-state index is -3.08. The number of anilines is 4. The summed E-state index contributed by atoms with van der Waals surface area (Å²) in [5.74, 6) is 2.13. The molecule has 3 fully saturated rings. The Morgan fingerprint density at radius 1 is 1.10 bits per heavy atom. The Morgan fingerprint density at radius 2 is 1.90 bits per heavy atom. The number of fused-ring (bicyclic) bond motifs is 1. The molecule has 0 saturated carbocycles. The minimum Gasteiger partial charge on any atom is -0.378 e. The van der Waals surface area contributed by atoms with Crippen LogP contribution in [0.3, 0.4) is 0 Å². The van der Waals surface area contributed by atoms with Gasteiger partial charge in [0.1, 0.15) is 27.6 Å². The second-order valence-electron chi connectivity index (χ2n) is 13.8. The molecule has 3 aliphatic rings. The number of halogens is 1. The number of alkyl halides is 1. The number of amides is 1. The predicted octanol–water partition coefficient (Wildman–Crippen LogP) is 4.83. The number of methoxy groups -OCH3 is 1. The monoisotopic (exact) mass is 679 g/mol. The normalized spacial score (nSPS) is 22.2. The zero-order valence-electron chi connectivity index (χ0n) is 28.2. The Labute approximate surface area is 282 Å². The molecule has 1 N–H and O–H groups in total. The van der Waals surface area contributed by atoms with Crippen molar-refractivity contribution in [3.63, 3.8) is 0 Å². The molecule has 1 amide bonds. The first-order valence-electron chi connectivity index (χ1n) is 16.8. The molecule has 0 aliphatic carbocycles. The summed E-state index contributed by atoms with van der Waals surface area (Å²) in [6, 6.07) is 6.09. The zero-order chi connectivity index (χ0) is 34.2. The second-order valence-corrected chi connectivity index (χ2v) is 15.9. The fourth-order valence-electron chi connectivity index (χ4n) is 7.55. The molecule has 5 heterocycles. The lowest BCUT2D eigenvalue weighted by atomic mass is 9.81. The van der Waals surface area contributed by atoms with E-state index < -0.39 is 22.1 Å². The van der Waals surface area contributed by atoms with E-state index in [1.807, 2.05) is 16.0 Å². The van der Waals surface area contributed by atoms with E-state index in [4.69, 9.17) is 14.7 Å². The highest BCUT2D eigenvalue weighted by molar-refractivity contribution is 7.90. The van der Waals surface area contributed by atoms with Crippen molar-refractivity contribution in [1.29, 1.82) is 0 Å². The van der Waals surface area contributed by atoms with Gasteiger partial charge in [-0.25, -0.2) is 22.8 Å². The smallest absolute Gasteiger partial charge is 0.245 e. The van der Waals surface area contributed by atoms with Crippen LogP contribution in [0.4, 0.5) is 27.7 Å². The summed E-state index contributed by atoms with van der Waals surface area (Å²) >= 11 is 0. The van der Waals surface area contributed by atoms with Crippen molar-refractivity contribution in [2.45, 2.75) is 57.2 Å². The molecule has 1 aromatic carbocycles. The quantitative estimate of drug-likeness (QED) is 0.299. The van der Waals surface area contributed by atoms with E-state index in [1.54, 1.807) is 12.3 Å². The average molecular weight is 680 g/mol. The SMILES string of the molecule is C=CC(=O)N1CCC[C@@H](c2cc(N3CC(CS(C)(=O)=O)C3)c3cnc(Nc4ccnc(N5CC[C@@H](OC)[C@@H](F)C5)n4)cc3c2C(C)C)C1. The van der Waals surface area contributed by atoms with Crippen molar-refractivity contribution in [3.8, 4) is 0 Å². The largest absolute Gasteiger partial charge is 0.378 e. The van der Waals surface area contributed by atoms with Crippen LogP contribution in [0.1, 0.15) is 56.1 Å². The van der Waals surface area contributed by atoms with Gasteiger partial charge in [0, 0.05) is 81.4 Å². The molecule has 11 nitrogen and oxygen atoms in total. The van der Waals surface area contributed by atoms with E-state index in [2.05, 4.69) is 47.8 Å². The number of carbonyl (C=O) groups excluding carboxylic acids is 1. The number of hydrogen-bond acceptors (Lipinski definition) is 10. The highest BCUT2D eigenvalue weighted by Gasteiger charge is 2.34. The summed E-state index contributed by atoms with van der Waals surface area (Å²) in [4.78, 5) is 32.5. The number of ether oxygens (including phenoxy) is 1. The molecule has 258 valence electrons. The van der Waals surface area contributed by atoms with Crippen LogP contribution in [-0.2, 0) is 19.4 Å². The second kappa shape index (κ2) is 13.9. The van der Waals surface area contributed by atoms with Gasteiger partial charge in [0.2, 0.25) is 11.9 Å². The van der Waals surface area contributed by atoms with Crippen LogP contribution in [0.25, 0.3) is 10.8 Å². The molecule has 13 heteroatoms. The van der Waals surface area contributed by atoms with Crippen molar-refractivity contribution in [1.82, 2.24) is 19.9 Å². The molecular weight excluding hydrogens is 633 g/mol. The molecule has 3 atom stereocenters. The van der Waals surface area contributed by atoms with Crippen LogP contribution in [-0.4, -0.2) is 105 Å². The van der Waals surface area contributed by atoms with Crippen molar-refractivity contribution in [2.75, 3.05) is 73.5 Å². The van der Waals surface area contributed by atoms with Crippen molar-refractivity contribution >= 4 is 49.8 Å². The first-order chi connectivity index (χ1) is 22.9. The van der Waals surface area contributed by atoms with Crippen LogP contribution in [0.2, 0.25) is 0 Å². The van der Waals surface area contributed by atoms with E-state index in [0.29, 0.717) is 56.7 Å². The molecule has 0 radical (unpaired) electrons. The number of piperidine rings is 2. The molecule has 3 aromatic rings. The number of carbonyl (C=O) groups is 1. The summed E-state index contributed by atoms with van der Waals surface area (Å²) in [5.41, 5.74) is 3.45. The van der Waals surface area contributed by atoms with E-state index in [-0.39, 0.29) is 36.0 Å². The minimum absolute atomic E-state index is 0.0526. The van der Waals surface area contributed by atoms with E-state index >= 15 is 0 Å². The van der Waals surface area contributed by atoms with Crippen LogP contribution in [0.15, 0.2) is 43.2 Å². The number of pyridine rings is 1. The summed E-state index contributed by atoms with van der Waals surface area (Å²) < 4.78 is 43.9. The molecule has 3 saturated heterocycles. The maximum Gasteiger partial charge on any atom is 0.245 e.